The fourth-order valence-electron chi connectivity index (χ4n) is 5.54. The van der Waals surface area contributed by atoms with Crippen LogP contribution in [0.3, 0.4) is 0 Å². The highest BCUT2D eigenvalue weighted by molar-refractivity contribution is 7.81. The zero-order valence-corrected chi connectivity index (χ0v) is 23.8. The Morgan fingerprint density at radius 3 is 2.55 bits per heavy atom. The van der Waals surface area contributed by atoms with Gasteiger partial charge >= 0.3 is 0 Å². The predicted octanol–water partition coefficient (Wildman–Crippen LogP) is 5.73. The van der Waals surface area contributed by atoms with E-state index in [0.29, 0.717) is 22.8 Å². The van der Waals surface area contributed by atoms with Gasteiger partial charge in [0.25, 0.3) is 0 Å². The molecule has 4 heterocycles. The number of anilines is 2. The number of nitrogens with zero attached hydrogens (tertiary/aromatic N) is 4. The van der Waals surface area contributed by atoms with Crippen molar-refractivity contribution in [1.82, 2.24) is 19.2 Å². The zero-order valence-electron chi connectivity index (χ0n) is 22.1. The number of aromatic nitrogens is 2. The van der Waals surface area contributed by atoms with Gasteiger partial charge in [0.2, 0.25) is 0 Å². The average molecular weight is 574 g/mol. The first-order valence-electron chi connectivity index (χ1n) is 12.8. The van der Waals surface area contributed by atoms with Crippen molar-refractivity contribution < 1.29 is 13.4 Å². The molecule has 2 aliphatic rings. The third kappa shape index (κ3) is 5.27. The van der Waals surface area contributed by atoms with Crippen molar-refractivity contribution >= 4 is 61.1 Å². The van der Waals surface area contributed by atoms with Gasteiger partial charge in [-0.2, -0.15) is 0 Å². The lowest BCUT2D eigenvalue weighted by molar-refractivity contribution is -0.0650. The van der Waals surface area contributed by atoms with Crippen LogP contribution in [-0.4, -0.2) is 69.2 Å². The zero-order chi connectivity index (χ0) is 27.9. The highest BCUT2D eigenvalue weighted by Gasteiger charge is 2.51. The Labute approximate surface area is 238 Å². The molecule has 5 aromatic rings. The number of fused-ring (bicyclic) bond motifs is 2. The standard InChI is InChI=1S/C23H14FN3OS.C7H14N2OS/c24-19-9-14(12-28)1-4-17(19)15-2-5-20-18(10-15)21(7-8-25-20)27-16-3-6-23-22(11-16)26-13-29-23;1-8-3-7(4-8)5-9(6-7)11(2)10/h1-13H,(H,25,27);3-6H2,1-2H3. The number of carbonyl (C=O) groups is 1. The van der Waals surface area contributed by atoms with Gasteiger partial charge in [-0.1, -0.05) is 18.2 Å². The van der Waals surface area contributed by atoms with Gasteiger partial charge in [0.15, 0.2) is 0 Å². The molecule has 1 N–H and O–H groups in total. The quantitative estimate of drug-likeness (QED) is 0.271. The lowest BCUT2D eigenvalue weighted by Crippen LogP contribution is -2.71. The van der Waals surface area contributed by atoms with Crippen LogP contribution in [-0.2, 0) is 11.0 Å². The fraction of sp³-hybridized carbons (Fsp3) is 0.233. The van der Waals surface area contributed by atoms with Crippen LogP contribution in [0.25, 0.3) is 32.2 Å². The number of carbonyl (C=O) groups excluding carboxylic acids is 1. The third-order valence-electron chi connectivity index (χ3n) is 7.39. The average Bonchev–Trinajstić information content (AvgIpc) is 3.38. The van der Waals surface area contributed by atoms with Crippen LogP contribution < -0.4 is 5.32 Å². The van der Waals surface area contributed by atoms with Crippen molar-refractivity contribution in [2.45, 2.75) is 0 Å². The lowest BCUT2D eigenvalue weighted by Gasteiger charge is -2.58. The molecule has 204 valence electrons. The van der Waals surface area contributed by atoms with Crippen LogP contribution >= 0.6 is 11.3 Å². The summed E-state index contributed by atoms with van der Waals surface area (Å²) in [6.07, 6.45) is 4.14. The van der Waals surface area contributed by atoms with E-state index in [0.717, 1.165) is 51.1 Å². The van der Waals surface area contributed by atoms with E-state index >= 15 is 0 Å². The summed E-state index contributed by atoms with van der Waals surface area (Å²) < 4.78 is 28.6. The maximum Gasteiger partial charge on any atom is 0.150 e. The molecular weight excluding hydrogens is 545 g/mol. The maximum atomic E-state index is 14.5. The van der Waals surface area contributed by atoms with Gasteiger partial charge in [0, 0.05) is 71.9 Å². The van der Waals surface area contributed by atoms with Gasteiger partial charge in [0.1, 0.15) is 12.1 Å². The summed E-state index contributed by atoms with van der Waals surface area (Å²) in [5.74, 6) is -0.429. The Morgan fingerprint density at radius 2 is 1.82 bits per heavy atom. The number of halogens is 1. The predicted molar refractivity (Wildman–Crippen MR) is 161 cm³/mol. The summed E-state index contributed by atoms with van der Waals surface area (Å²) in [6, 6.07) is 18.0. The molecule has 7 rings (SSSR count). The summed E-state index contributed by atoms with van der Waals surface area (Å²) in [4.78, 5) is 22.0. The smallest absolute Gasteiger partial charge is 0.150 e. The van der Waals surface area contributed by atoms with Crippen molar-refractivity contribution in [1.29, 1.82) is 0 Å². The lowest BCUT2D eigenvalue weighted by atomic mass is 9.75. The largest absolute Gasteiger partial charge is 0.355 e. The number of pyridine rings is 1. The molecule has 7 nitrogen and oxygen atoms in total. The first-order valence-corrected chi connectivity index (χ1v) is 15.2. The second kappa shape index (κ2) is 10.8. The number of aldehydes is 1. The van der Waals surface area contributed by atoms with Crippen LogP contribution in [0.15, 0.2) is 72.4 Å². The molecule has 10 heteroatoms. The van der Waals surface area contributed by atoms with E-state index in [9.17, 15) is 13.4 Å². The molecule has 0 saturated carbocycles. The first-order chi connectivity index (χ1) is 19.3. The van der Waals surface area contributed by atoms with Gasteiger partial charge < -0.3 is 10.2 Å². The van der Waals surface area contributed by atoms with Crippen LogP contribution in [0, 0.1) is 11.2 Å². The molecule has 2 aliphatic heterocycles. The van der Waals surface area contributed by atoms with Crippen molar-refractivity contribution in [3.05, 3.63) is 83.8 Å². The second-order valence-corrected chi connectivity index (χ2v) is 12.8. The summed E-state index contributed by atoms with van der Waals surface area (Å²) >= 11 is 1.60. The van der Waals surface area contributed by atoms with Gasteiger partial charge in [-0.25, -0.2) is 17.9 Å². The van der Waals surface area contributed by atoms with Crippen molar-refractivity contribution in [3.8, 4) is 11.1 Å². The first kappa shape index (κ1) is 26.6. The molecule has 0 aliphatic carbocycles. The summed E-state index contributed by atoms with van der Waals surface area (Å²) in [5.41, 5.74) is 7.37. The topological polar surface area (TPSA) is 78.4 Å². The van der Waals surface area contributed by atoms with Crippen LogP contribution in [0.5, 0.6) is 0 Å². The Morgan fingerprint density at radius 1 is 1.00 bits per heavy atom. The number of hydrogen-bond acceptors (Lipinski definition) is 7. The summed E-state index contributed by atoms with van der Waals surface area (Å²) in [5, 5.41) is 4.30. The highest BCUT2D eigenvalue weighted by atomic mass is 32.2. The molecule has 1 spiro atoms. The monoisotopic (exact) mass is 573 g/mol. The van der Waals surface area contributed by atoms with Gasteiger partial charge in [0.05, 0.1) is 32.2 Å². The Hall–Kier alpha value is -3.57. The molecule has 2 fully saturated rings. The number of thiazole rings is 1. The van der Waals surface area contributed by atoms with E-state index in [1.165, 1.54) is 19.2 Å². The van der Waals surface area contributed by atoms with Gasteiger partial charge in [-0.3, -0.25) is 9.78 Å². The Kier molecular flexibility index (Phi) is 7.18. The number of nitrogens with one attached hydrogen (secondary N) is 1. The second-order valence-electron chi connectivity index (χ2n) is 10.5. The third-order valence-corrected chi connectivity index (χ3v) is 9.18. The van der Waals surface area contributed by atoms with E-state index in [1.807, 2.05) is 52.3 Å². The summed E-state index contributed by atoms with van der Waals surface area (Å²) in [7, 11) is 1.40. The minimum Gasteiger partial charge on any atom is -0.355 e. The van der Waals surface area contributed by atoms with Crippen molar-refractivity contribution in [3.63, 3.8) is 0 Å². The van der Waals surface area contributed by atoms with Crippen molar-refractivity contribution in [2.24, 2.45) is 5.41 Å². The molecule has 0 radical (unpaired) electrons. The Balaban J connectivity index is 0.000000219. The van der Waals surface area contributed by atoms with Crippen molar-refractivity contribution in [2.75, 3.05) is 44.8 Å². The molecule has 2 aromatic heterocycles. The van der Waals surface area contributed by atoms with E-state index in [2.05, 4.69) is 27.2 Å². The fourth-order valence-corrected chi connectivity index (χ4v) is 7.11. The summed E-state index contributed by atoms with van der Waals surface area (Å²) in [6.45, 7) is 4.47. The van der Waals surface area contributed by atoms with E-state index < -0.39 is 16.8 Å². The van der Waals surface area contributed by atoms with E-state index in [1.54, 1.807) is 35.9 Å². The molecule has 1 unspecified atom stereocenters. The number of likely N-dealkylation sites (tertiary alicyclic amines) is 1. The molecule has 3 aromatic carbocycles. The number of benzene rings is 3. The van der Waals surface area contributed by atoms with E-state index in [4.69, 9.17) is 0 Å². The molecule has 0 bridgehead atoms. The number of hydrogen-bond donors (Lipinski definition) is 1. The molecule has 0 amide bonds. The maximum absolute atomic E-state index is 14.5. The normalized spacial score (nSPS) is 17.1. The van der Waals surface area contributed by atoms with E-state index in [-0.39, 0.29) is 0 Å². The van der Waals surface area contributed by atoms with Crippen LogP contribution in [0.4, 0.5) is 15.8 Å². The Bertz CT molecular complexity index is 1740. The molecule has 40 heavy (non-hydrogen) atoms. The molecular formula is C30H28FN5O2S2. The molecule has 1 atom stereocenters. The number of rotatable bonds is 5. The highest BCUT2D eigenvalue weighted by Crippen LogP contribution is 2.39. The minimum absolute atomic E-state index is 0.313. The SMILES string of the molecule is CN1CC2(C1)CN(S(C)=O)C2.O=Cc1ccc(-c2ccc3nccc(Nc4ccc5scnc5c4)c3c2)c(F)c1. The van der Waals surface area contributed by atoms with Crippen LogP contribution in [0.1, 0.15) is 10.4 Å². The molecule has 2 saturated heterocycles. The minimum atomic E-state index is -0.734. The van der Waals surface area contributed by atoms with Crippen LogP contribution in [0.2, 0.25) is 0 Å². The van der Waals surface area contributed by atoms with Gasteiger partial charge in [-0.15, -0.1) is 11.3 Å². The van der Waals surface area contributed by atoms with Gasteiger partial charge in [-0.05, 0) is 55.1 Å².